The number of carbonyl (C=O) groups excluding carboxylic acids is 3. The number of likely N-dealkylation sites (tertiary alicyclic amines) is 1. The lowest BCUT2D eigenvalue weighted by molar-refractivity contribution is -0.153. The van der Waals surface area contributed by atoms with E-state index in [2.05, 4.69) is 0 Å². The summed E-state index contributed by atoms with van der Waals surface area (Å²) in [4.78, 5) is 36.9. The van der Waals surface area contributed by atoms with Gasteiger partial charge in [0.2, 0.25) is 11.8 Å². The topological polar surface area (TPSA) is 63.7 Å². The van der Waals surface area contributed by atoms with Crippen molar-refractivity contribution in [2.75, 3.05) is 13.2 Å². The van der Waals surface area contributed by atoms with E-state index in [0.29, 0.717) is 0 Å². The third-order valence-corrected chi connectivity index (χ3v) is 4.15. The molecule has 2 aliphatic carbocycles. The number of hydrogen-bond donors (Lipinski definition) is 0. The highest BCUT2D eigenvalue weighted by Crippen LogP contribution is 2.52. The molecule has 3 aliphatic rings. The van der Waals surface area contributed by atoms with Gasteiger partial charge in [-0.2, -0.15) is 0 Å². The van der Waals surface area contributed by atoms with Gasteiger partial charge in [-0.3, -0.25) is 19.3 Å². The van der Waals surface area contributed by atoms with Crippen molar-refractivity contribution in [3.8, 4) is 0 Å². The molecule has 2 fully saturated rings. The lowest BCUT2D eigenvalue weighted by Crippen LogP contribution is -2.37. The van der Waals surface area contributed by atoms with Crippen LogP contribution >= 0.6 is 0 Å². The number of ether oxygens (including phenoxy) is 1. The van der Waals surface area contributed by atoms with Crippen LogP contribution in [0.1, 0.15) is 13.3 Å². The van der Waals surface area contributed by atoms with Crippen LogP contribution in [0.2, 0.25) is 0 Å². The van der Waals surface area contributed by atoms with E-state index in [4.69, 9.17) is 4.74 Å². The van der Waals surface area contributed by atoms with Gasteiger partial charge in [0.25, 0.3) is 0 Å². The number of nitrogens with zero attached hydrogens (tertiary/aromatic N) is 1. The molecule has 1 saturated heterocycles. The first-order chi connectivity index (χ1) is 8.63. The Morgan fingerprint density at radius 1 is 1.28 bits per heavy atom. The number of amides is 2. The van der Waals surface area contributed by atoms with Crippen molar-refractivity contribution < 1.29 is 19.1 Å². The average Bonchev–Trinajstić information content (AvgIpc) is 2.99. The highest BCUT2D eigenvalue weighted by molar-refractivity contribution is 6.08. The number of rotatable bonds is 3. The summed E-state index contributed by atoms with van der Waals surface area (Å²) in [5.74, 6) is -1.01. The van der Waals surface area contributed by atoms with Crippen molar-refractivity contribution in [2.24, 2.45) is 23.7 Å². The zero-order chi connectivity index (χ0) is 12.9. The Bertz CT molecular complexity index is 426. The molecule has 0 aromatic heterocycles. The summed E-state index contributed by atoms with van der Waals surface area (Å²) in [5, 5.41) is 0. The second-order valence-corrected chi connectivity index (χ2v) is 5.07. The minimum atomic E-state index is -0.514. The predicted molar refractivity (Wildman–Crippen MR) is 61.1 cm³/mol. The van der Waals surface area contributed by atoms with E-state index < -0.39 is 5.97 Å². The van der Waals surface area contributed by atoms with Gasteiger partial charge in [0.15, 0.2) is 0 Å². The summed E-state index contributed by atoms with van der Waals surface area (Å²) in [6.07, 6.45) is 4.97. The molecule has 0 aromatic carbocycles. The molecule has 5 heteroatoms. The van der Waals surface area contributed by atoms with Crippen molar-refractivity contribution in [3.63, 3.8) is 0 Å². The van der Waals surface area contributed by atoms with Gasteiger partial charge >= 0.3 is 5.97 Å². The molecule has 2 amide bonds. The molecule has 1 heterocycles. The van der Waals surface area contributed by atoms with Crippen LogP contribution in [-0.2, 0) is 19.1 Å². The van der Waals surface area contributed by atoms with Crippen molar-refractivity contribution in [1.82, 2.24) is 4.90 Å². The van der Waals surface area contributed by atoms with Gasteiger partial charge in [-0.15, -0.1) is 0 Å². The Morgan fingerprint density at radius 2 is 1.83 bits per heavy atom. The fraction of sp³-hybridized carbons (Fsp3) is 0.615. The summed E-state index contributed by atoms with van der Waals surface area (Å²) in [5.41, 5.74) is 0. The molecule has 5 nitrogen and oxygen atoms in total. The van der Waals surface area contributed by atoms with E-state index >= 15 is 0 Å². The highest BCUT2D eigenvalue weighted by Gasteiger charge is 2.59. The lowest BCUT2D eigenvalue weighted by Gasteiger charge is -2.15. The summed E-state index contributed by atoms with van der Waals surface area (Å²) >= 11 is 0. The van der Waals surface area contributed by atoms with Crippen LogP contribution in [0.15, 0.2) is 12.2 Å². The van der Waals surface area contributed by atoms with Gasteiger partial charge in [0.05, 0.1) is 18.4 Å². The zero-order valence-corrected chi connectivity index (χ0v) is 10.2. The molecular formula is C13H15NO4. The number of imide groups is 1. The quantitative estimate of drug-likeness (QED) is 0.411. The van der Waals surface area contributed by atoms with Crippen LogP contribution in [-0.4, -0.2) is 35.8 Å². The van der Waals surface area contributed by atoms with E-state index in [1.165, 1.54) is 0 Å². The van der Waals surface area contributed by atoms with Gasteiger partial charge in [-0.05, 0) is 25.2 Å². The highest BCUT2D eigenvalue weighted by atomic mass is 16.5. The van der Waals surface area contributed by atoms with Crippen molar-refractivity contribution in [1.29, 1.82) is 0 Å². The molecule has 2 bridgehead atoms. The molecule has 0 unspecified atom stereocenters. The Balaban J connectivity index is 1.78. The summed E-state index contributed by atoms with van der Waals surface area (Å²) in [7, 11) is 0. The Kier molecular flexibility index (Phi) is 2.50. The largest absolute Gasteiger partial charge is 0.465 e. The molecule has 0 radical (unpaired) electrons. The first-order valence-corrected chi connectivity index (χ1v) is 6.32. The van der Waals surface area contributed by atoms with E-state index in [1.807, 2.05) is 12.2 Å². The SMILES string of the molecule is CCOC(=O)CN1C(=O)[C@@H]2[C@@H](C1=O)[C@H]1C=C[C@H]2C1. The maximum Gasteiger partial charge on any atom is 0.326 e. The Morgan fingerprint density at radius 3 is 2.33 bits per heavy atom. The normalized spacial score (nSPS) is 36.4. The molecule has 1 aliphatic heterocycles. The van der Waals surface area contributed by atoms with E-state index in [1.54, 1.807) is 6.92 Å². The second-order valence-electron chi connectivity index (χ2n) is 5.07. The number of fused-ring (bicyclic) bond motifs is 5. The molecule has 4 atom stereocenters. The van der Waals surface area contributed by atoms with E-state index in [0.717, 1.165) is 11.3 Å². The Labute approximate surface area is 105 Å². The van der Waals surface area contributed by atoms with Gasteiger partial charge < -0.3 is 4.74 Å². The smallest absolute Gasteiger partial charge is 0.326 e. The molecule has 0 N–H and O–H groups in total. The molecule has 0 aromatic rings. The maximum atomic E-state index is 12.2. The molecule has 3 rings (SSSR count). The third kappa shape index (κ3) is 1.43. The maximum absolute atomic E-state index is 12.2. The van der Waals surface area contributed by atoms with Crippen molar-refractivity contribution in [2.45, 2.75) is 13.3 Å². The summed E-state index contributed by atoms with van der Waals surface area (Å²) < 4.78 is 4.79. The van der Waals surface area contributed by atoms with Gasteiger partial charge in [0, 0.05) is 0 Å². The van der Waals surface area contributed by atoms with Crippen LogP contribution in [0.4, 0.5) is 0 Å². The second kappa shape index (κ2) is 3.93. The minimum Gasteiger partial charge on any atom is -0.465 e. The van der Waals surface area contributed by atoms with Crippen LogP contribution in [0, 0.1) is 23.7 Å². The summed E-state index contributed by atoms with van der Waals surface area (Å²) in [6, 6.07) is 0. The fourth-order valence-electron chi connectivity index (χ4n) is 3.46. The van der Waals surface area contributed by atoms with Crippen LogP contribution in [0.5, 0.6) is 0 Å². The Hall–Kier alpha value is -1.65. The van der Waals surface area contributed by atoms with Gasteiger partial charge in [0.1, 0.15) is 6.54 Å². The molecule has 0 spiro atoms. The van der Waals surface area contributed by atoms with E-state index in [9.17, 15) is 14.4 Å². The molecule has 96 valence electrons. The van der Waals surface area contributed by atoms with E-state index in [-0.39, 0.29) is 48.6 Å². The van der Waals surface area contributed by atoms with Gasteiger partial charge in [-0.25, -0.2) is 0 Å². The first kappa shape index (κ1) is 11.4. The van der Waals surface area contributed by atoms with Gasteiger partial charge in [-0.1, -0.05) is 12.2 Å². The minimum absolute atomic E-state index is 0.184. The first-order valence-electron chi connectivity index (χ1n) is 6.32. The molecule has 1 saturated carbocycles. The van der Waals surface area contributed by atoms with Crippen LogP contribution in [0.25, 0.3) is 0 Å². The monoisotopic (exact) mass is 249 g/mol. The average molecular weight is 249 g/mol. The molecule has 18 heavy (non-hydrogen) atoms. The number of esters is 1. The molecular weight excluding hydrogens is 234 g/mol. The van der Waals surface area contributed by atoms with Crippen molar-refractivity contribution in [3.05, 3.63) is 12.2 Å². The van der Waals surface area contributed by atoms with Crippen LogP contribution < -0.4 is 0 Å². The number of allylic oxidation sites excluding steroid dienone is 2. The standard InChI is InChI=1S/C13H15NO4/c1-2-18-9(15)6-14-12(16)10-7-3-4-8(5-7)11(10)13(14)17/h3-4,7-8,10-11H,2,5-6H2,1H3/t7-,8-,10-,11-/m0/s1. The van der Waals surface area contributed by atoms with Crippen LogP contribution in [0.3, 0.4) is 0 Å². The number of hydrogen-bond acceptors (Lipinski definition) is 4. The third-order valence-electron chi connectivity index (χ3n) is 4.15. The summed E-state index contributed by atoms with van der Waals surface area (Å²) in [6.45, 7) is 1.72. The number of carbonyl (C=O) groups is 3. The lowest BCUT2D eigenvalue weighted by atomic mass is 9.85. The fourth-order valence-corrected chi connectivity index (χ4v) is 3.46. The predicted octanol–water partition coefficient (Wildman–Crippen LogP) is 0.357. The van der Waals surface area contributed by atoms with Crippen molar-refractivity contribution >= 4 is 17.8 Å². The zero-order valence-electron chi connectivity index (χ0n) is 10.2.